The first kappa shape index (κ1) is 13.5. The summed E-state index contributed by atoms with van der Waals surface area (Å²) in [5.41, 5.74) is 1.66. The van der Waals surface area contributed by atoms with E-state index >= 15 is 0 Å². The summed E-state index contributed by atoms with van der Waals surface area (Å²) in [5, 5.41) is 2.83. The minimum absolute atomic E-state index is 0.0641. The molecule has 1 aliphatic rings. The molecular weight excluding hydrogens is 252 g/mol. The monoisotopic (exact) mass is 270 g/mol. The third kappa shape index (κ3) is 3.51. The third-order valence-corrected chi connectivity index (χ3v) is 3.70. The Labute approximate surface area is 111 Å². The maximum Gasteiger partial charge on any atom is 0.250 e. The standard InChI is InChI=1S/C12H18N2O3S/c1-8-12(9(2)18-14-8)13-11(15)7-16-6-10-4-3-5-17-10/h10H,3-7H2,1-2H3,(H,13,15). The predicted molar refractivity (Wildman–Crippen MR) is 70.0 cm³/mol. The van der Waals surface area contributed by atoms with Gasteiger partial charge in [-0.2, -0.15) is 4.37 Å². The van der Waals surface area contributed by atoms with Crippen LogP contribution in [0.25, 0.3) is 0 Å². The second-order valence-electron chi connectivity index (χ2n) is 4.40. The van der Waals surface area contributed by atoms with E-state index in [1.807, 2.05) is 13.8 Å². The van der Waals surface area contributed by atoms with Crippen LogP contribution in [0.1, 0.15) is 23.4 Å². The highest BCUT2D eigenvalue weighted by molar-refractivity contribution is 7.06. The molecule has 6 heteroatoms. The molecule has 0 aliphatic carbocycles. The van der Waals surface area contributed by atoms with E-state index in [1.54, 1.807) is 0 Å². The molecule has 100 valence electrons. The second kappa shape index (κ2) is 6.26. The second-order valence-corrected chi connectivity index (χ2v) is 5.38. The van der Waals surface area contributed by atoms with Gasteiger partial charge in [0.05, 0.1) is 24.1 Å². The summed E-state index contributed by atoms with van der Waals surface area (Å²) >= 11 is 1.39. The molecule has 18 heavy (non-hydrogen) atoms. The SMILES string of the molecule is Cc1nsc(C)c1NC(=O)COCC1CCCO1. The van der Waals surface area contributed by atoms with E-state index in [1.165, 1.54) is 11.5 Å². The first-order valence-corrected chi connectivity index (χ1v) is 6.86. The first-order chi connectivity index (χ1) is 8.66. The Morgan fingerprint density at radius 2 is 2.44 bits per heavy atom. The zero-order valence-corrected chi connectivity index (χ0v) is 11.5. The number of rotatable bonds is 5. The van der Waals surface area contributed by atoms with Crippen molar-refractivity contribution in [3.63, 3.8) is 0 Å². The van der Waals surface area contributed by atoms with Crippen LogP contribution in [0.2, 0.25) is 0 Å². The average Bonchev–Trinajstić information content (AvgIpc) is 2.94. The molecule has 1 saturated heterocycles. The predicted octanol–water partition coefficient (Wildman–Crippen LogP) is 1.89. The Bertz CT molecular complexity index is 394. The van der Waals surface area contributed by atoms with Gasteiger partial charge in [-0.3, -0.25) is 4.79 Å². The Hall–Kier alpha value is -0.980. The molecule has 0 radical (unpaired) electrons. The molecular formula is C12H18N2O3S. The van der Waals surface area contributed by atoms with Crippen LogP contribution in [0.3, 0.4) is 0 Å². The van der Waals surface area contributed by atoms with E-state index < -0.39 is 0 Å². The lowest BCUT2D eigenvalue weighted by atomic mass is 10.2. The zero-order chi connectivity index (χ0) is 13.0. The maximum atomic E-state index is 11.7. The molecule has 1 aliphatic heterocycles. The van der Waals surface area contributed by atoms with E-state index in [0.717, 1.165) is 35.7 Å². The summed E-state index contributed by atoms with van der Waals surface area (Å²) in [5.74, 6) is -0.139. The highest BCUT2D eigenvalue weighted by atomic mass is 32.1. The smallest absolute Gasteiger partial charge is 0.250 e. The Morgan fingerprint density at radius 1 is 1.61 bits per heavy atom. The fourth-order valence-corrected chi connectivity index (χ4v) is 2.55. The molecule has 1 N–H and O–H groups in total. The number of hydrogen-bond donors (Lipinski definition) is 1. The van der Waals surface area contributed by atoms with Crippen LogP contribution < -0.4 is 5.32 Å². The number of ether oxygens (including phenoxy) is 2. The van der Waals surface area contributed by atoms with Crippen LogP contribution in [0.5, 0.6) is 0 Å². The van der Waals surface area contributed by atoms with E-state index in [-0.39, 0.29) is 18.6 Å². The van der Waals surface area contributed by atoms with Gasteiger partial charge in [0.2, 0.25) is 5.91 Å². The summed E-state index contributed by atoms with van der Waals surface area (Å²) in [6.07, 6.45) is 2.26. The van der Waals surface area contributed by atoms with Gasteiger partial charge in [-0.25, -0.2) is 0 Å². The van der Waals surface area contributed by atoms with Crippen molar-refractivity contribution >= 4 is 23.1 Å². The molecule has 2 heterocycles. The van der Waals surface area contributed by atoms with Crippen molar-refractivity contribution in [3.8, 4) is 0 Å². The van der Waals surface area contributed by atoms with Crippen LogP contribution in [0.15, 0.2) is 0 Å². The maximum absolute atomic E-state index is 11.7. The van der Waals surface area contributed by atoms with Crippen LogP contribution >= 0.6 is 11.5 Å². The van der Waals surface area contributed by atoms with Crippen molar-refractivity contribution in [2.75, 3.05) is 25.1 Å². The van der Waals surface area contributed by atoms with Crippen molar-refractivity contribution in [2.24, 2.45) is 0 Å². The fourth-order valence-electron chi connectivity index (χ4n) is 1.90. The van der Waals surface area contributed by atoms with Crippen molar-refractivity contribution in [1.82, 2.24) is 4.37 Å². The van der Waals surface area contributed by atoms with Gasteiger partial charge in [-0.1, -0.05) is 0 Å². The first-order valence-electron chi connectivity index (χ1n) is 6.09. The van der Waals surface area contributed by atoms with E-state index in [0.29, 0.717) is 6.61 Å². The molecule has 0 spiro atoms. The fraction of sp³-hybridized carbons (Fsp3) is 0.667. The Kier molecular flexibility index (Phi) is 4.68. The summed E-state index contributed by atoms with van der Waals surface area (Å²) in [4.78, 5) is 12.7. The summed E-state index contributed by atoms with van der Waals surface area (Å²) in [6, 6.07) is 0. The number of aromatic nitrogens is 1. The molecule has 1 unspecified atom stereocenters. The number of hydrogen-bond acceptors (Lipinski definition) is 5. The molecule has 1 amide bonds. The van der Waals surface area contributed by atoms with Crippen LogP contribution in [-0.4, -0.2) is 36.2 Å². The molecule has 2 rings (SSSR count). The zero-order valence-electron chi connectivity index (χ0n) is 10.7. The molecule has 0 bridgehead atoms. The number of aryl methyl sites for hydroxylation is 2. The minimum Gasteiger partial charge on any atom is -0.376 e. The van der Waals surface area contributed by atoms with Crippen molar-refractivity contribution in [3.05, 3.63) is 10.6 Å². The molecule has 0 saturated carbocycles. The van der Waals surface area contributed by atoms with Crippen molar-refractivity contribution in [1.29, 1.82) is 0 Å². The van der Waals surface area contributed by atoms with Gasteiger partial charge < -0.3 is 14.8 Å². The van der Waals surface area contributed by atoms with Gasteiger partial charge in [0.25, 0.3) is 0 Å². The van der Waals surface area contributed by atoms with Gasteiger partial charge in [0.15, 0.2) is 0 Å². The summed E-state index contributed by atoms with van der Waals surface area (Å²) in [6.45, 7) is 5.18. The number of carbonyl (C=O) groups excluding carboxylic acids is 1. The number of nitrogens with zero attached hydrogens (tertiary/aromatic N) is 1. The minimum atomic E-state index is -0.139. The lowest BCUT2D eigenvalue weighted by Crippen LogP contribution is -2.22. The van der Waals surface area contributed by atoms with Gasteiger partial charge in [-0.15, -0.1) is 0 Å². The van der Waals surface area contributed by atoms with Crippen LogP contribution in [0.4, 0.5) is 5.69 Å². The largest absolute Gasteiger partial charge is 0.376 e. The van der Waals surface area contributed by atoms with Crippen LogP contribution in [-0.2, 0) is 14.3 Å². The summed E-state index contributed by atoms with van der Waals surface area (Å²) < 4.78 is 14.9. The lowest BCUT2D eigenvalue weighted by Gasteiger charge is -2.10. The third-order valence-electron chi connectivity index (χ3n) is 2.86. The number of anilines is 1. The van der Waals surface area contributed by atoms with E-state index in [2.05, 4.69) is 9.69 Å². The quantitative estimate of drug-likeness (QED) is 0.887. The van der Waals surface area contributed by atoms with E-state index in [9.17, 15) is 4.79 Å². The Balaban J connectivity index is 1.72. The topological polar surface area (TPSA) is 60.5 Å². The van der Waals surface area contributed by atoms with Crippen molar-refractivity contribution < 1.29 is 14.3 Å². The molecule has 1 atom stereocenters. The number of nitrogens with one attached hydrogen (secondary N) is 1. The Morgan fingerprint density at radius 3 is 3.06 bits per heavy atom. The number of carbonyl (C=O) groups is 1. The van der Waals surface area contributed by atoms with Crippen LogP contribution in [0, 0.1) is 13.8 Å². The average molecular weight is 270 g/mol. The molecule has 1 aromatic heterocycles. The summed E-state index contributed by atoms with van der Waals surface area (Å²) in [7, 11) is 0. The molecule has 1 aromatic rings. The molecule has 0 aromatic carbocycles. The highest BCUT2D eigenvalue weighted by Crippen LogP contribution is 2.22. The molecule has 1 fully saturated rings. The number of amides is 1. The van der Waals surface area contributed by atoms with Gasteiger partial charge >= 0.3 is 0 Å². The molecule has 5 nitrogen and oxygen atoms in total. The lowest BCUT2D eigenvalue weighted by molar-refractivity contribution is -0.121. The normalized spacial score (nSPS) is 19.1. The van der Waals surface area contributed by atoms with Gasteiger partial charge in [-0.05, 0) is 38.2 Å². The van der Waals surface area contributed by atoms with Crippen molar-refractivity contribution in [2.45, 2.75) is 32.8 Å². The highest BCUT2D eigenvalue weighted by Gasteiger charge is 2.16. The van der Waals surface area contributed by atoms with E-state index in [4.69, 9.17) is 9.47 Å². The van der Waals surface area contributed by atoms with Gasteiger partial charge in [0, 0.05) is 11.5 Å². The van der Waals surface area contributed by atoms with Gasteiger partial charge in [0.1, 0.15) is 6.61 Å².